The smallest absolute Gasteiger partial charge is 0.277 e. The Bertz CT molecular complexity index is 1940. The normalized spacial score (nSPS) is 17.4. The number of H-pyrrole nitrogens is 1. The molecule has 2 heterocycles. The lowest BCUT2D eigenvalue weighted by Crippen LogP contribution is -2.32. The van der Waals surface area contributed by atoms with Gasteiger partial charge in [0.2, 0.25) is 0 Å². The SMILES string of the molecule is COc1ccc([C@@H]2CC(=O)C3=C(C2)Nc2[nH]n(-c4ccccc4)c(=O)c2[C@H]3c2cccc(Oc3ccccc3)c2)cc1OC. The number of aromatic amines is 1. The Morgan fingerprint density at radius 1 is 0.727 bits per heavy atom. The van der Waals surface area contributed by atoms with Gasteiger partial charge < -0.3 is 19.5 Å². The number of aromatic nitrogens is 2. The zero-order valence-corrected chi connectivity index (χ0v) is 24.4. The van der Waals surface area contributed by atoms with Crippen molar-refractivity contribution in [3.8, 4) is 28.7 Å². The fraction of sp³-hybridized carbons (Fsp3) is 0.167. The first-order valence-electron chi connectivity index (χ1n) is 14.5. The predicted molar refractivity (Wildman–Crippen MR) is 168 cm³/mol. The summed E-state index contributed by atoms with van der Waals surface area (Å²) in [7, 11) is 3.21. The maximum absolute atomic E-state index is 14.1. The molecule has 0 unspecified atom stereocenters. The summed E-state index contributed by atoms with van der Waals surface area (Å²) in [5.74, 6) is 2.51. The van der Waals surface area contributed by atoms with E-state index in [1.807, 2.05) is 103 Å². The van der Waals surface area contributed by atoms with E-state index in [9.17, 15) is 9.59 Å². The number of allylic oxidation sites excluding steroid dienone is 2. The molecule has 220 valence electrons. The molecule has 0 spiro atoms. The molecule has 1 aromatic heterocycles. The van der Waals surface area contributed by atoms with E-state index >= 15 is 0 Å². The number of rotatable bonds is 7. The van der Waals surface area contributed by atoms with Crippen LogP contribution in [0.5, 0.6) is 23.0 Å². The van der Waals surface area contributed by atoms with Crippen LogP contribution in [0.3, 0.4) is 0 Å². The average molecular weight is 586 g/mol. The Labute approximate surface area is 254 Å². The van der Waals surface area contributed by atoms with E-state index < -0.39 is 5.92 Å². The van der Waals surface area contributed by atoms with Gasteiger partial charge >= 0.3 is 0 Å². The van der Waals surface area contributed by atoms with Crippen LogP contribution in [-0.4, -0.2) is 29.8 Å². The van der Waals surface area contributed by atoms with Gasteiger partial charge in [0.15, 0.2) is 17.3 Å². The topological polar surface area (TPSA) is 94.6 Å². The van der Waals surface area contributed by atoms with Gasteiger partial charge in [-0.3, -0.25) is 14.7 Å². The van der Waals surface area contributed by atoms with E-state index in [0.717, 1.165) is 16.8 Å². The molecule has 2 aliphatic rings. The van der Waals surface area contributed by atoms with Crippen LogP contribution in [0.2, 0.25) is 0 Å². The molecule has 1 aliphatic heterocycles. The number of anilines is 1. The lowest BCUT2D eigenvalue weighted by Gasteiger charge is -2.34. The molecule has 7 rings (SSSR count). The molecule has 44 heavy (non-hydrogen) atoms. The summed E-state index contributed by atoms with van der Waals surface area (Å²) in [6.45, 7) is 0. The maximum Gasteiger partial charge on any atom is 0.277 e. The molecule has 8 nitrogen and oxygen atoms in total. The lowest BCUT2D eigenvalue weighted by molar-refractivity contribution is -0.116. The Morgan fingerprint density at radius 3 is 2.20 bits per heavy atom. The van der Waals surface area contributed by atoms with Gasteiger partial charge in [0.1, 0.15) is 17.3 Å². The minimum atomic E-state index is -0.576. The van der Waals surface area contributed by atoms with Gasteiger partial charge in [-0.2, -0.15) is 0 Å². The molecule has 0 amide bonds. The number of benzene rings is 4. The Kier molecular flexibility index (Phi) is 7.02. The molecule has 0 fully saturated rings. The van der Waals surface area contributed by atoms with Crippen LogP contribution in [0.4, 0.5) is 5.82 Å². The molecule has 0 bridgehead atoms. The molecular formula is C36H31N3O5. The Morgan fingerprint density at radius 2 is 1.45 bits per heavy atom. The summed E-state index contributed by atoms with van der Waals surface area (Å²) in [5, 5.41) is 6.75. The van der Waals surface area contributed by atoms with Crippen LogP contribution < -0.4 is 25.1 Å². The molecule has 0 saturated heterocycles. The molecule has 1 aliphatic carbocycles. The van der Waals surface area contributed by atoms with Crippen molar-refractivity contribution in [3.63, 3.8) is 0 Å². The van der Waals surface area contributed by atoms with Crippen molar-refractivity contribution < 1.29 is 19.0 Å². The summed E-state index contributed by atoms with van der Waals surface area (Å²) in [5.41, 5.74) is 4.21. The highest BCUT2D eigenvalue weighted by atomic mass is 16.5. The van der Waals surface area contributed by atoms with E-state index in [4.69, 9.17) is 14.2 Å². The average Bonchev–Trinajstić information content (AvgIpc) is 3.39. The predicted octanol–water partition coefficient (Wildman–Crippen LogP) is 6.93. The number of nitrogens with one attached hydrogen (secondary N) is 2. The number of hydrogen-bond acceptors (Lipinski definition) is 6. The maximum atomic E-state index is 14.1. The van der Waals surface area contributed by atoms with Gasteiger partial charge in [0, 0.05) is 23.6 Å². The van der Waals surface area contributed by atoms with Gasteiger partial charge in [-0.05, 0) is 72.0 Å². The van der Waals surface area contributed by atoms with Crippen LogP contribution in [-0.2, 0) is 4.79 Å². The summed E-state index contributed by atoms with van der Waals surface area (Å²) in [6, 6.07) is 32.4. The molecule has 0 radical (unpaired) electrons. The summed E-state index contributed by atoms with van der Waals surface area (Å²) >= 11 is 0. The third-order valence-electron chi connectivity index (χ3n) is 8.35. The van der Waals surface area contributed by atoms with Crippen LogP contribution in [0.1, 0.15) is 41.4 Å². The van der Waals surface area contributed by atoms with Crippen molar-refractivity contribution in [1.29, 1.82) is 0 Å². The number of hydrogen-bond donors (Lipinski definition) is 2. The number of carbonyl (C=O) groups excluding carboxylic acids is 1. The molecule has 8 heteroatoms. The number of carbonyl (C=O) groups is 1. The quantitative estimate of drug-likeness (QED) is 0.215. The number of methoxy groups -OCH3 is 2. The van der Waals surface area contributed by atoms with E-state index in [1.165, 1.54) is 4.68 Å². The van der Waals surface area contributed by atoms with Crippen molar-refractivity contribution in [2.45, 2.75) is 24.7 Å². The Hall–Kier alpha value is -5.50. The monoisotopic (exact) mass is 585 g/mol. The largest absolute Gasteiger partial charge is 0.493 e. The van der Waals surface area contributed by atoms with Crippen molar-refractivity contribution in [2.75, 3.05) is 19.5 Å². The summed E-state index contributed by atoms with van der Waals surface area (Å²) < 4.78 is 18.6. The zero-order chi connectivity index (χ0) is 30.2. The minimum Gasteiger partial charge on any atom is -0.493 e. The molecule has 5 aromatic rings. The second-order valence-corrected chi connectivity index (χ2v) is 11.0. The third-order valence-corrected chi connectivity index (χ3v) is 8.35. The molecule has 2 N–H and O–H groups in total. The number of nitrogens with zero attached hydrogens (tertiary/aromatic N) is 1. The molecule has 4 aromatic carbocycles. The van der Waals surface area contributed by atoms with Crippen LogP contribution in [0.25, 0.3) is 5.69 Å². The van der Waals surface area contributed by atoms with Gasteiger partial charge in [-0.15, -0.1) is 0 Å². The molecular weight excluding hydrogens is 554 g/mol. The molecule has 0 saturated carbocycles. The standard InChI is InChI=1S/C36H31N3O5/c1-42-30-17-16-22(21-31(30)43-2)24-19-28-33(29(40)20-24)32(23-10-9-15-27(18-23)44-26-13-7-4-8-14-26)34-35(37-28)38-39(36(34)41)25-11-5-3-6-12-25/h3-18,21,24,32,37-38H,19-20H2,1-2H3/t24-,32-/m0/s1. The van der Waals surface area contributed by atoms with E-state index in [2.05, 4.69) is 10.4 Å². The second-order valence-electron chi connectivity index (χ2n) is 11.0. The van der Waals surface area contributed by atoms with Gasteiger partial charge in [-0.25, -0.2) is 4.68 Å². The summed E-state index contributed by atoms with van der Waals surface area (Å²) in [4.78, 5) is 28.2. The van der Waals surface area contributed by atoms with Gasteiger partial charge in [-0.1, -0.05) is 54.6 Å². The number of para-hydroxylation sites is 2. The number of ether oxygens (including phenoxy) is 3. The Balaban J connectivity index is 1.34. The third kappa shape index (κ3) is 4.84. The fourth-order valence-electron chi connectivity index (χ4n) is 6.31. The second kappa shape index (κ2) is 11.3. The van der Waals surface area contributed by atoms with Crippen LogP contribution >= 0.6 is 0 Å². The van der Waals surface area contributed by atoms with Crippen molar-refractivity contribution in [2.24, 2.45) is 0 Å². The first kappa shape index (κ1) is 27.3. The van der Waals surface area contributed by atoms with E-state index in [1.54, 1.807) is 14.2 Å². The fourth-order valence-corrected chi connectivity index (χ4v) is 6.31. The highest BCUT2D eigenvalue weighted by Crippen LogP contribution is 2.48. The van der Waals surface area contributed by atoms with Crippen LogP contribution in [0, 0.1) is 0 Å². The zero-order valence-electron chi connectivity index (χ0n) is 24.4. The van der Waals surface area contributed by atoms with Crippen molar-refractivity contribution in [1.82, 2.24) is 9.78 Å². The number of ketones is 1. The van der Waals surface area contributed by atoms with Gasteiger partial charge in [0.05, 0.1) is 25.5 Å². The lowest BCUT2D eigenvalue weighted by atomic mass is 9.72. The van der Waals surface area contributed by atoms with E-state index in [-0.39, 0.29) is 17.3 Å². The highest BCUT2D eigenvalue weighted by molar-refractivity contribution is 6.01. The first-order valence-corrected chi connectivity index (χ1v) is 14.5. The molecule has 2 atom stereocenters. The summed E-state index contributed by atoms with van der Waals surface area (Å²) in [6.07, 6.45) is 0.893. The number of Topliss-reactive ketones (excluding diaryl/α,β-unsaturated/α-hetero) is 1. The minimum absolute atomic E-state index is 0.00423. The van der Waals surface area contributed by atoms with Crippen molar-refractivity contribution in [3.05, 3.63) is 141 Å². The van der Waals surface area contributed by atoms with Crippen molar-refractivity contribution >= 4 is 11.6 Å². The number of fused-ring (bicyclic) bond motifs is 1. The van der Waals surface area contributed by atoms with E-state index in [0.29, 0.717) is 58.5 Å². The first-order chi connectivity index (χ1) is 21.5. The van der Waals surface area contributed by atoms with Crippen LogP contribution in [0.15, 0.2) is 119 Å². The van der Waals surface area contributed by atoms with Gasteiger partial charge in [0.25, 0.3) is 5.56 Å². The highest BCUT2D eigenvalue weighted by Gasteiger charge is 2.41.